The molecule has 1 aromatic carbocycles. The van der Waals surface area contributed by atoms with E-state index in [4.69, 9.17) is 9.47 Å². The zero-order chi connectivity index (χ0) is 18.9. The van der Waals surface area contributed by atoms with Crippen molar-refractivity contribution in [2.24, 2.45) is 0 Å². The van der Waals surface area contributed by atoms with Gasteiger partial charge in [0.2, 0.25) is 5.91 Å². The molecule has 0 atom stereocenters. The Labute approximate surface area is 146 Å². The normalized spacial score (nSPS) is 10.7. The number of nitrogens with one attached hydrogen (secondary N) is 1. The van der Waals surface area contributed by atoms with E-state index in [1.54, 1.807) is 24.3 Å². The fourth-order valence-corrected chi connectivity index (χ4v) is 2.32. The zero-order valence-electron chi connectivity index (χ0n) is 14.7. The van der Waals surface area contributed by atoms with Gasteiger partial charge in [-0.2, -0.15) is 0 Å². The zero-order valence-corrected chi connectivity index (χ0v) is 14.7. The second kappa shape index (κ2) is 9.56. The van der Waals surface area contributed by atoms with Crippen LogP contribution in [-0.2, 0) is 30.3 Å². The van der Waals surface area contributed by atoms with Gasteiger partial charge in [-0.15, -0.1) is 0 Å². The summed E-state index contributed by atoms with van der Waals surface area (Å²) in [5, 5.41) is 2.75. The fraction of sp³-hybridized carbons (Fsp3) is 0.444. The molecule has 0 fully saturated rings. The maximum absolute atomic E-state index is 11.6. The van der Waals surface area contributed by atoms with Gasteiger partial charge in [-0.3, -0.25) is 19.2 Å². The van der Waals surface area contributed by atoms with Gasteiger partial charge < -0.3 is 14.8 Å². The van der Waals surface area contributed by atoms with E-state index < -0.39 is 17.5 Å². The van der Waals surface area contributed by atoms with Crippen molar-refractivity contribution in [2.45, 2.75) is 39.2 Å². The Balaban J connectivity index is 2.93. The van der Waals surface area contributed by atoms with Crippen LogP contribution in [-0.4, -0.2) is 42.9 Å². The van der Waals surface area contributed by atoms with Crippen molar-refractivity contribution in [1.29, 1.82) is 0 Å². The standard InChI is InChI=1S/C18H23NO6/c1-13(21)19-18(11-24-14(2)22,12-25-15(3)23)9-8-16-4-6-17(10-20)7-5-16/h4-7,10H,8-9,11-12H2,1-3H3,(H,19,21). The van der Waals surface area contributed by atoms with Crippen LogP contribution in [0.2, 0.25) is 0 Å². The maximum Gasteiger partial charge on any atom is 0.302 e. The summed E-state index contributed by atoms with van der Waals surface area (Å²) in [5.41, 5.74) is 0.481. The summed E-state index contributed by atoms with van der Waals surface area (Å²) in [4.78, 5) is 44.7. The highest BCUT2D eigenvalue weighted by Crippen LogP contribution is 2.18. The van der Waals surface area contributed by atoms with Gasteiger partial charge in [0.15, 0.2) is 0 Å². The molecular weight excluding hydrogens is 326 g/mol. The number of carbonyl (C=O) groups is 4. The van der Waals surface area contributed by atoms with E-state index in [2.05, 4.69) is 5.32 Å². The molecule has 0 saturated heterocycles. The Morgan fingerprint density at radius 1 is 1.00 bits per heavy atom. The summed E-state index contributed by atoms with van der Waals surface area (Å²) in [7, 11) is 0. The number of carbonyl (C=O) groups excluding carboxylic acids is 4. The summed E-state index contributed by atoms with van der Waals surface area (Å²) >= 11 is 0. The molecule has 1 aromatic rings. The number of rotatable bonds is 9. The molecule has 1 amide bonds. The van der Waals surface area contributed by atoms with Crippen LogP contribution in [0.25, 0.3) is 0 Å². The van der Waals surface area contributed by atoms with Crippen molar-refractivity contribution in [3.05, 3.63) is 35.4 Å². The highest BCUT2D eigenvalue weighted by atomic mass is 16.5. The molecule has 136 valence electrons. The number of aryl methyl sites for hydroxylation is 1. The molecular formula is C18H23NO6. The van der Waals surface area contributed by atoms with Gasteiger partial charge in [0.1, 0.15) is 25.0 Å². The number of amides is 1. The van der Waals surface area contributed by atoms with E-state index in [0.717, 1.165) is 11.8 Å². The molecule has 0 aliphatic carbocycles. The molecule has 7 heteroatoms. The van der Waals surface area contributed by atoms with Gasteiger partial charge in [-0.1, -0.05) is 24.3 Å². The van der Waals surface area contributed by atoms with Crippen LogP contribution in [0.4, 0.5) is 0 Å². The summed E-state index contributed by atoms with van der Waals surface area (Å²) < 4.78 is 10.1. The third-order valence-electron chi connectivity index (χ3n) is 3.55. The molecule has 1 rings (SSSR count). The van der Waals surface area contributed by atoms with Crippen LogP contribution >= 0.6 is 0 Å². The summed E-state index contributed by atoms with van der Waals surface area (Å²) in [6.07, 6.45) is 1.67. The van der Waals surface area contributed by atoms with Gasteiger partial charge in [-0.05, 0) is 18.4 Å². The average Bonchev–Trinajstić information content (AvgIpc) is 2.56. The smallest absolute Gasteiger partial charge is 0.302 e. The summed E-state index contributed by atoms with van der Waals surface area (Å²) in [5.74, 6) is -1.31. The molecule has 0 radical (unpaired) electrons. The molecule has 0 unspecified atom stereocenters. The van der Waals surface area contributed by atoms with Crippen molar-refractivity contribution in [3.8, 4) is 0 Å². The van der Waals surface area contributed by atoms with Crippen LogP contribution < -0.4 is 5.32 Å². The Morgan fingerprint density at radius 3 is 1.92 bits per heavy atom. The Hall–Kier alpha value is -2.70. The van der Waals surface area contributed by atoms with E-state index in [1.165, 1.54) is 20.8 Å². The van der Waals surface area contributed by atoms with E-state index >= 15 is 0 Å². The van der Waals surface area contributed by atoms with Crippen molar-refractivity contribution >= 4 is 24.1 Å². The van der Waals surface area contributed by atoms with E-state index in [1.807, 2.05) is 0 Å². The third kappa shape index (κ3) is 7.60. The Morgan fingerprint density at radius 2 is 1.52 bits per heavy atom. The fourth-order valence-electron chi connectivity index (χ4n) is 2.32. The van der Waals surface area contributed by atoms with Crippen molar-refractivity contribution in [2.75, 3.05) is 13.2 Å². The van der Waals surface area contributed by atoms with E-state index in [9.17, 15) is 19.2 Å². The summed E-state index contributed by atoms with van der Waals surface area (Å²) in [6, 6.07) is 7.00. The van der Waals surface area contributed by atoms with E-state index in [0.29, 0.717) is 18.4 Å². The van der Waals surface area contributed by atoms with Crippen LogP contribution in [0.5, 0.6) is 0 Å². The molecule has 1 N–H and O–H groups in total. The maximum atomic E-state index is 11.6. The summed E-state index contributed by atoms with van der Waals surface area (Å²) in [6.45, 7) is 3.66. The highest BCUT2D eigenvalue weighted by Gasteiger charge is 2.34. The first-order chi connectivity index (χ1) is 11.8. The predicted octanol–water partition coefficient (Wildman–Crippen LogP) is 1.43. The monoisotopic (exact) mass is 349 g/mol. The molecule has 0 heterocycles. The lowest BCUT2D eigenvalue weighted by molar-refractivity contribution is -0.150. The van der Waals surface area contributed by atoms with Crippen LogP contribution in [0.15, 0.2) is 24.3 Å². The Kier molecular flexibility index (Phi) is 7.78. The van der Waals surface area contributed by atoms with Crippen LogP contribution in [0, 0.1) is 0 Å². The lowest BCUT2D eigenvalue weighted by atomic mass is 9.92. The number of benzene rings is 1. The van der Waals surface area contributed by atoms with Gasteiger partial charge >= 0.3 is 11.9 Å². The van der Waals surface area contributed by atoms with Crippen molar-refractivity contribution < 1.29 is 28.7 Å². The highest BCUT2D eigenvalue weighted by molar-refractivity contribution is 5.75. The minimum atomic E-state index is -1.02. The van der Waals surface area contributed by atoms with E-state index in [-0.39, 0.29) is 19.1 Å². The van der Waals surface area contributed by atoms with Crippen molar-refractivity contribution in [3.63, 3.8) is 0 Å². The molecule has 7 nitrogen and oxygen atoms in total. The SMILES string of the molecule is CC(=O)NC(CCc1ccc(C=O)cc1)(COC(C)=O)COC(C)=O. The molecule has 0 bridgehead atoms. The third-order valence-corrected chi connectivity index (χ3v) is 3.55. The van der Waals surface area contributed by atoms with Gasteiger partial charge in [0.05, 0.1) is 0 Å². The minimum Gasteiger partial charge on any atom is -0.463 e. The average molecular weight is 349 g/mol. The second-order valence-electron chi connectivity index (χ2n) is 5.88. The van der Waals surface area contributed by atoms with Gasteiger partial charge in [0.25, 0.3) is 0 Å². The van der Waals surface area contributed by atoms with Crippen LogP contribution in [0.3, 0.4) is 0 Å². The number of ether oxygens (including phenoxy) is 2. The second-order valence-corrected chi connectivity index (χ2v) is 5.88. The lowest BCUT2D eigenvalue weighted by Crippen LogP contribution is -2.55. The molecule has 0 spiro atoms. The number of hydrogen-bond donors (Lipinski definition) is 1. The largest absolute Gasteiger partial charge is 0.463 e. The minimum absolute atomic E-state index is 0.110. The molecule has 0 aliphatic rings. The molecule has 0 saturated carbocycles. The predicted molar refractivity (Wildman–Crippen MR) is 90.0 cm³/mol. The first kappa shape index (κ1) is 20.3. The molecule has 25 heavy (non-hydrogen) atoms. The van der Waals surface area contributed by atoms with Gasteiger partial charge in [-0.25, -0.2) is 0 Å². The number of aldehydes is 1. The topological polar surface area (TPSA) is 98.8 Å². The first-order valence-electron chi connectivity index (χ1n) is 7.86. The molecule has 0 aromatic heterocycles. The number of hydrogen-bond acceptors (Lipinski definition) is 6. The Bertz CT molecular complexity index is 605. The first-order valence-corrected chi connectivity index (χ1v) is 7.86. The molecule has 0 aliphatic heterocycles. The lowest BCUT2D eigenvalue weighted by Gasteiger charge is -2.33. The van der Waals surface area contributed by atoms with Gasteiger partial charge in [0, 0.05) is 26.3 Å². The van der Waals surface area contributed by atoms with Crippen LogP contribution in [0.1, 0.15) is 43.1 Å². The van der Waals surface area contributed by atoms with Crippen molar-refractivity contribution in [1.82, 2.24) is 5.32 Å². The quantitative estimate of drug-likeness (QED) is 0.535. The number of esters is 2.